The molecule has 0 saturated heterocycles. The van der Waals surface area contributed by atoms with E-state index in [9.17, 15) is 9.59 Å². The molecule has 2 atom stereocenters. The molecule has 0 spiro atoms. The molecule has 0 aromatic heterocycles. The van der Waals surface area contributed by atoms with Gasteiger partial charge in [-0.2, -0.15) is 0 Å². The first-order valence-electron chi connectivity index (χ1n) is 8.04. The zero-order valence-corrected chi connectivity index (χ0v) is 14.8. The van der Waals surface area contributed by atoms with Crippen LogP contribution >= 0.6 is 0 Å². The van der Waals surface area contributed by atoms with Crippen molar-refractivity contribution in [2.45, 2.75) is 59.7 Å². The number of carbonyl (C=O) groups is 2. The molecule has 0 aliphatic heterocycles. The Hall–Kier alpha value is -2.04. The molecule has 0 fully saturated rings. The maximum atomic E-state index is 12.5. The summed E-state index contributed by atoms with van der Waals surface area (Å²) in [6.07, 6.45) is -0.797. The van der Waals surface area contributed by atoms with Crippen molar-refractivity contribution in [2.24, 2.45) is 5.92 Å². The second-order valence-corrected chi connectivity index (χ2v) is 6.46. The minimum absolute atomic E-state index is 0.0417. The molecule has 1 rings (SSSR count). The van der Waals surface area contributed by atoms with Crippen molar-refractivity contribution in [1.82, 2.24) is 10.6 Å². The summed E-state index contributed by atoms with van der Waals surface area (Å²) in [6, 6.07) is 7.24. The Balaban J connectivity index is 2.70. The van der Waals surface area contributed by atoms with E-state index in [-0.39, 0.29) is 24.0 Å². The average molecular weight is 320 g/mol. The van der Waals surface area contributed by atoms with Crippen molar-refractivity contribution in [3.63, 3.8) is 0 Å². The van der Waals surface area contributed by atoms with Gasteiger partial charge in [-0.1, -0.05) is 43.7 Å². The van der Waals surface area contributed by atoms with Gasteiger partial charge < -0.3 is 15.4 Å². The first-order valence-corrected chi connectivity index (χ1v) is 8.04. The second-order valence-electron chi connectivity index (χ2n) is 6.46. The van der Waals surface area contributed by atoms with Crippen LogP contribution in [0.1, 0.15) is 51.8 Å². The molecule has 0 aliphatic carbocycles. The van der Waals surface area contributed by atoms with Crippen LogP contribution in [-0.2, 0) is 9.53 Å². The fourth-order valence-electron chi connectivity index (χ4n) is 2.15. The topological polar surface area (TPSA) is 67.4 Å². The third kappa shape index (κ3) is 6.30. The zero-order chi connectivity index (χ0) is 17.6. The van der Waals surface area contributed by atoms with Crippen molar-refractivity contribution >= 4 is 12.0 Å². The van der Waals surface area contributed by atoms with E-state index < -0.39 is 12.1 Å². The third-order valence-corrected chi connectivity index (χ3v) is 3.50. The van der Waals surface area contributed by atoms with Crippen LogP contribution in [0.4, 0.5) is 4.79 Å². The Morgan fingerprint density at radius 3 is 2.00 bits per heavy atom. The third-order valence-electron chi connectivity index (χ3n) is 3.50. The van der Waals surface area contributed by atoms with Gasteiger partial charge in [-0.05, 0) is 39.2 Å². The van der Waals surface area contributed by atoms with Crippen molar-refractivity contribution in [3.05, 3.63) is 35.4 Å². The van der Waals surface area contributed by atoms with Crippen LogP contribution in [0.15, 0.2) is 24.3 Å². The van der Waals surface area contributed by atoms with Gasteiger partial charge in [-0.3, -0.25) is 4.79 Å². The fourth-order valence-corrected chi connectivity index (χ4v) is 2.15. The summed E-state index contributed by atoms with van der Waals surface area (Å²) in [6.45, 7) is 11.2. The summed E-state index contributed by atoms with van der Waals surface area (Å²) in [5, 5.41) is 5.59. The lowest BCUT2D eigenvalue weighted by molar-refractivity contribution is -0.124. The van der Waals surface area contributed by atoms with Gasteiger partial charge in [-0.25, -0.2) is 4.79 Å². The molecule has 2 amide bonds. The lowest BCUT2D eigenvalue weighted by atomic mass is 10.0. The van der Waals surface area contributed by atoms with E-state index in [1.165, 1.54) is 5.56 Å². The molecule has 0 saturated carbocycles. The van der Waals surface area contributed by atoms with Gasteiger partial charge >= 0.3 is 6.09 Å². The SMILES string of the molecule is Cc1ccc([C@H](C)NC(=O)[C@H](NC(=O)OC(C)C)C(C)C)cc1. The van der Waals surface area contributed by atoms with Gasteiger partial charge in [0.1, 0.15) is 6.04 Å². The molecule has 0 aliphatic rings. The maximum absolute atomic E-state index is 12.5. The number of amides is 2. The molecule has 5 nitrogen and oxygen atoms in total. The highest BCUT2D eigenvalue weighted by Crippen LogP contribution is 2.14. The summed E-state index contributed by atoms with van der Waals surface area (Å²) in [5.41, 5.74) is 2.20. The molecule has 0 heterocycles. The quantitative estimate of drug-likeness (QED) is 0.845. The molecule has 5 heteroatoms. The van der Waals surface area contributed by atoms with E-state index in [0.717, 1.165) is 5.56 Å². The number of hydrogen-bond donors (Lipinski definition) is 2. The van der Waals surface area contributed by atoms with Gasteiger partial charge in [0.25, 0.3) is 0 Å². The lowest BCUT2D eigenvalue weighted by Crippen LogP contribution is -2.50. The van der Waals surface area contributed by atoms with Crippen LogP contribution in [0.3, 0.4) is 0 Å². The second kappa shape index (κ2) is 8.56. The van der Waals surface area contributed by atoms with Gasteiger partial charge in [0.15, 0.2) is 0 Å². The molecular formula is C18H28N2O3. The number of aryl methyl sites for hydroxylation is 1. The van der Waals surface area contributed by atoms with E-state index in [1.807, 2.05) is 52.0 Å². The van der Waals surface area contributed by atoms with Crippen LogP contribution in [0, 0.1) is 12.8 Å². The standard InChI is InChI=1S/C18H28N2O3/c1-11(2)16(20-18(22)23-12(3)4)17(21)19-14(6)15-9-7-13(5)8-10-15/h7-12,14,16H,1-6H3,(H,19,21)(H,20,22)/t14-,16+/m0/s1. The van der Waals surface area contributed by atoms with E-state index in [4.69, 9.17) is 4.74 Å². The Morgan fingerprint density at radius 1 is 0.957 bits per heavy atom. The van der Waals surface area contributed by atoms with Gasteiger partial charge in [0.2, 0.25) is 5.91 Å². The highest BCUT2D eigenvalue weighted by atomic mass is 16.6. The summed E-state index contributed by atoms with van der Waals surface area (Å²) in [7, 11) is 0. The molecular weight excluding hydrogens is 292 g/mol. The minimum atomic E-state index is -0.630. The molecule has 1 aromatic carbocycles. The van der Waals surface area contributed by atoms with E-state index in [2.05, 4.69) is 10.6 Å². The Kier molecular flexibility index (Phi) is 7.07. The van der Waals surface area contributed by atoms with Gasteiger partial charge in [-0.15, -0.1) is 0 Å². The number of hydrogen-bond acceptors (Lipinski definition) is 3. The van der Waals surface area contributed by atoms with Crippen LogP contribution in [0.25, 0.3) is 0 Å². The molecule has 0 radical (unpaired) electrons. The molecule has 0 unspecified atom stereocenters. The van der Waals surface area contributed by atoms with E-state index in [0.29, 0.717) is 0 Å². The number of benzene rings is 1. The van der Waals surface area contributed by atoms with E-state index >= 15 is 0 Å². The van der Waals surface area contributed by atoms with Crippen LogP contribution in [0.5, 0.6) is 0 Å². The Bertz CT molecular complexity index is 524. The lowest BCUT2D eigenvalue weighted by Gasteiger charge is -2.24. The number of ether oxygens (including phenoxy) is 1. The zero-order valence-electron chi connectivity index (χ0n) is 14.8. The molecule has 2 N–H and O–H groups in total. The van der Waals surface area contributed by atoms with Crippen molar-refractivity contribution in [2.75, 3.05) is 0 Å². The smallest absolute Gasteiger partial charge is 0.408 e. The molecule has 1 aromatic rings. The molecule has 128 valence electrons. The summed E-state index contributed by atoms with van der Waals surface area (Å²) in [4.78, 5) is 24.2. The molecule has 23 heavy (non-hydrogen) atoms. The number of alkyl carbamates (subject to hydrolysis) is 1. The number of nitrogens with one attached hydrogen (secondary N) is 2. The summed E-state index contributed by atoms with van der Waals surface area (Å²) in [5.74, 6) is -0.256. The molecule has 0 bridgehead atoms. The predicted octanol–water partition coefficient (Wildman–Crippen LogP) is 3.33. The van der Waals surface area contributed by atoms with Crippen LogP contribution < -0.4 is 10.6 Å². The average Bonchev–Trinajstić information content (AvgIpc) is 2.44. The predicted molar refractivity (Wildman–Crippen MR) is 91.1 cm³/mol. The van der Waals surface area contributed by atoms with Crippen LogP contribution in [-0.4, -0.2) is 24.1 Å². The maximum Gasteiger partial charge on any atom is 0.408 e. The Labute approximate surface area is 138 Å². The largest absolute Gasteiger partial charge is 0.447 e. The van der Waals surface area contributed by atoms with Crippen molar-refractivity contribution in [3.8, 4) is 0 Å². The van der Waals surface area contributed by atoms with Crippen molar-refractivity contribution < 1.29 is 14.3 Å². The fraction of sp³-hybridized carbons (Fsp3) is 0.556. The normalized spacial score (nSPS) is 13.6. The van der Waals surface area contributed by atoms with Gasteiger partial charge in [0, 0.05) is 0 Å². The monoisotopic (exact) mass is 320 g/mol. The number of carbonyl (C=O) groups excluding carboxylic acids is 2. The highest BCUT2D eigenvalue weighted by Gasteiger charge is 2.26. The van der Waals surface area contributed by atoms with Crippen LogP contribution in [0.2, 0.25) is 0 Å². The van der Waals surface area contributed by atoms with E-state index in [1.54, 1.807) is 13.8 Å². The first kappa shape index (κ1) is 19.0. The minimum Gasteiger partial charge on any atom is -0.447 e. The first-order chi connectivity index (χ1) is 10.7. The Morgan fingerprint density at radius 2 is 1.52 bits per heavy atom. The van der Waals surface area contributed by atoms with Gasteiger partial charge in [0.05, 0.1) is 12.1 Å². The highest BCUT2D eigenvalue weighted by molar-refractivity contribution is 5.86. The number of rotatable bonds is 6. The summed E-state index contributed by atoms with van der Waals surface area (Å²) < 4.78 is 5.05. The van der Waals surface area contributed by atoms with Crippen molar-refractivity contribution in [1.29, 1.82) is 0 Å². The summed E-state index contributed by atoms with van der Waals surface area (Å²) >= 11 is 0.